The highest BCUT2D eigenvalue weighted by Crippen LogP contribution is 2.29. The maximum atomic E-state index is 12.7. The van der Waals surface area contributed by atoms with Gasteiger partial charge in [0.05, 0.1) is 12.3 Å². The topological polar surface area (TPSA) is 50.4 Å². The van der Waals surface area contributed by atoms with Crippen molar-refractivity contribution in [2.24, 2.45) is 0 Å². The van der Waals surface area contributed by atoms with E-state index in [2.05, 4.69) is 10.6 Å². The second kappa shape index (κ2) is 7.18. The van der Waals surface area contributed by atoms with Gasteiger partial charge in [0.2, 0.25) is 5.91 Å². The quantitative estimate of drug-likeness (QED) is 0.822. The van der Waals surface area contributed by atoms with Crippen molar-refractivity contribution in [3.63, 3.8) is 0 Å². The van der Waals surface area contributed by atoms with E-state index in [1.165, 1.54) is 0 Å². The van der Waals surface area contributed by atoms with E-state index in [1.54, 1.807) is 0 Å². The van der Waals surface area contributed by atoms with Crippen LogP contribution < -0.4 is 15.4 Å². The lowest BCUT2D eigenvalue weighted by Gasteiger charge is -2.21. The van der Waals surface area contributed by atoms with E-state index < -0.39 is 6.04 Å². The van der Waals surface area contributed by atoms with Crippen LogP contribution in [0.5, 0.6) is 5.75 Å². The van der Waals surface area contributed by atoms with E-state index in [9.17, 15) is 4.79 Å². The standard InChI is InChI=1S/C19H22N2O2/c1-2-23-17-11-7-6-10-16(17)21-18(14-8-4-3-5-9-14)19(22)20-15-12-13-15/h3-11,15,18,21H,2,12-13H2,1H3,(H,20,22). The molecule has 0 spiro atoms. The van der Waals surface area contributed by atoms with Crippen LogP contribution in [0.1, 0.15) is 31.4 Å². The molecule has 1 aliphatic carbocycles. The fourth-order valence-corrected chi connectivity index (χ4v) is 2.48. The molecule has 1 atom stereocenters. The number of anilines is 1. The molecule has 1 amide bonds. The highest BCUT2D eigenvalue weighted by molar-refractivity contribution is 5.87. The molecule has 3 rings (SSSR count). The molecule has 1 aliphatic rings. The molecule has 2 aromatic carbocycles. The van der Waals surface area contributed by atoms with Gasteiger partial charge in [-0.2, -0.15) is 0 Å². The maximum Gasteiger partial charge on any atom is 0.247 e. The molecule has 4 nitrogen and oxygen atoms in total. The van der Waals surface area contributed by atoms with Crippen molar-refractivity contribution in [3.8, 4) is 5.75 Å². The molecule has 0 aliphatic heterocycles. The molecule has 0 heterocycles. The molecule has 2 aromatic rings. The summed E-state index contributed by atoms with van der Waals surface area (Å²) in [5.41, 5.74) is 1.77. The highest BCUT2D eigenvalue weighted by Gasteiger charge is 2.28. The van der Waals surface area contributed by atoms with E-state index in [0.29, 0.717) is 12.6 Å². The Bertz CT molecular complexity index is 653. The second-order valence-electron chi connectivity index (χ2n) is 5.70. The van der Waals surface area contributed by atoms with Crippen LogP contribution in [0.4, 0.5) is 5.69 Å². The van der Waals surface area contributed by atoms with Gasteiger partial charge in [0, 0.05) is 6.04 Å². The molecular weight excluding hydrogens is 288 g/mol. The van der Waals surface area contributed by atoms with E-state index >= 15 is 0 Å². The lowest BCUT2D eigenvalue weighted by Crippen LogP contribution is -2.34. The number of para-hydroxylation sites is 2. The zero-order valence-corrected chi connectivity index (χ0v) is 13.3. The SMILES string of the molecule is CCOc1ccccc1NC(C(=O)NC1CC1)c1ccccc1. The number of amides is 1. The highest BCUT2D eigenvalue weighted by atomic mass is 16.5. The Morgan fingerprint density at radius 2 is 1.83 bits per heavy atom. The van der Waals surface area contributed by atoms with Gasteiger partial charge < -0.3 is 15.4 Å². The molecule has 0 bridgehead atoms. The average molecular weight is 310 g/mol. The van der Waals surface area contributed by atoms with Gasteiger partial charge in [0.15, 0.2) is 0 Å². The summed E-state index contributed by atoms with van der Waals surface area (Å²) in [5, 5.41) is 6.43. The van der Waals surface area contributed by atoms with Gasteiger partial charge in [-0.3, -0.25) is 4.79 Å². The summed E-state index contributed by atoms with van der Waals surface area (Å²) in [6.45, 7) is 2.54. The number of nitrogens with one attached hydrogen (secondary N) is 2. The number of hydrogen-bond donors (Lipinski definition) is 2. The van der Waals surface area contributed by atoms with Gasteiger partial charge in [0.25, 0.3) is 0 Å². The number of carbonyl (C=O) groups excluding carboxylic acids is 1. The second-order valence-corrected chi connectivity index (χ2v) is 5.70. The summed E-state index contributed by atoms with van der Waals surface area (Å²) in [7, 11) is 0. The minimum absolute atomic E-state index is 0.00463. The van der Waals surface area contributed by atoms with Crippen molar-refractivity contribution in [1.82, 2.24) is 5.32 Å². The number of benzene rings is 2. The van der Waals surface area contributed by atoms with Crippen molar-refractivity contribution in [3.05, 3.63) is 60.2 Å². The summed E-state index contributed by atoms with van der Waals surface area (Å²) in [6, 6.07) is 17.4. The molecule has 2 N–H and O–H groups in total. The van der Waals surface area contributed by atoms with Crippen LogP contribution in [0.15, 0.2) is 54.6 Å². The first-order chi connectivity index (χ1) is 11.3. The molecule has 0 saturated heterocycles. The fourth-order valence-electron chi connectivity index (χ4n) is 2.48. The van der Waals surface area contributed by atoms with Crippen LogP contribution in [-0.2, 0) is 4.79 Å². The lowest BCUT2D eigenvalue weighted by atomic mass is 10.1. The number of carbonyl (C=O) groups is 1. The van der Waals surface area contributed by atoms with Gasteiger partial charge in [-0.15, -0.1) is 0 Å². The van der Waals surface area contributed by atoms with Gasteiger partial charge in [-0.25, -0.2) is 0 Å². The molecule has 1 unspecified atom stereocenters. The smallest absolute Gasteiger partial charge is 0.247 e. The number of rotatable bonds is 7. The molecule has 1 saturated carbocycles. The van der Waals surface area contributed by atoms with Crippen LogP contribution in [0, 0.1) is 0 Å². The Kier molecular flexibility index (Phi) is 4.81. The van der Waals surface area contributed by atoms with Crippen LogP contribution in [0.2, 0.25) is 0 Å². The van der Waals surface area contributed by atoms with Gasteiger partial charge in [0.1, 0.15) is 11.8 Å². The Morgan fingerprint density at radius 3 is 2.52 bits per heavy atom. The predicted molar refractivity (Wildman–Crippen MR) is 91.6 cm³/mol. The first-order valence-corrected chi connectivity index (χ1v) is 8.11. The third-order valence-corrected chi connectivity index (χ3v) is 3.81. The van der Waals surface area contributed by atoms with E-state index in [4.69, 9.17) is 4.74 Å². The Balaban J connectivity index is 1.85. The summed E-state index contributed by atoms with van der Waals surface area (Å²) in [4.78, 5) is 12.7. The summed E-state index contributed by atoms with van der Waals surface area (Å²) >= 11 is 0. The molecule has 1 fully saturated rings. The summed E-state index contributed by atoms with van der Waals surface area (Å²) in [5.74, 6) is 0.764. The largest absolute Gasteiger partial charge is 0.492 e. The zero-order valence-electron chi connectivity index (χ0n) is 13.3. The van der Waals surface area contributed by atoms with Crippen LogP contribution in [0.25, 0.3) is 0 Å². The van der Waals surface area contributed by atoms with Crippen molar-refractivity contribution >= 4 is 11.6 Å². The van der Waals surface area contributed by atoms with Crippen molar-refractivity contribution < 1.29 is 9.53 Å². The third-order valence-electron chi connectivity index (χ3n) is 3.81. The lowest BCUT2D eigenvalue weighted by molar-refractivity contribution is -0.122. The fraction of sp³-hybridized carbons (Fsp3) is 0.316. The number of ether oxygens (including phenoxy) is 1. The average Bonchev–Trinajstić information content (AvgIpc) is 3.39. The first kappa shape index (κ1) is 15.4. The maximum absolute atomic E-state index is 12.7. The normalized spacial score (nSPS) is 14.8. The minimum atomic E-state index is -0.432. The van der Waals surface area contributed by atoms with Crippen LogP contribution >= 0.6 is 0 Å². The monoisotopic (exact) mass is 310 g/mol. The van der Waals surface area contributed by atoms with E-state index in [1.807, 2.05) is 61.5 Å². The first-order valence-electron chi connectivity index (χ1n) is 8.11. The molecule has 4 heteroatoms. The molecule has 0 radical (unpaired) electrons. The third kappa shape index (κ3) is 4.03. The summed E-state index contributed by atoms with van der Waals surface area (Å²) < 4.78 is 5.65. The van der Waals surface area contributed by atoms with Gasteiger partial charge in [-0.05, 0) is 37.5 Å². The Labute approximate surface area is 136 Å². The van der Waals surface area contributed by atoms with Crippen molar-refractivity contribution in [2.45, 2.75) is 31.8 Å². The molecular formula is C19H22N2O2. The molecule has 0 aromatic heterocycles. The Hall–Kier alpha value is -2.49. The molecule has 120 valence electrons. The van der Waals surface area contributed by atoms with E-state index in [0.717, 1.165) is 29.8 Å². The van der Waals surface area contributed by atoms with Crippen LogP contribution in [-0.4, -0.2) is 18.6 Å². The van der Waals surface area contributed by atoms with Gasteiger partial charge >= 0.3 is 0 Å². The van der Waals surface area contributed by atoms with E-state index in [-0.39, 0.29) is 5.91 Å². The zero-order chi connectivity index (χ0) is 16.1. The van der Waals surface area contributed by atoms with Gasteiger partial charge in [-0.1, -0.05) is 42.5 Å². The number of hydrogen-bond acceptors (Lipinski definition) is 3. The van der Waals surface area contributed by atoms with Crippen LogP contribution in [0.3, 0.4) is 0 Å². The summed E-state index contributed by atoms with van der Waals surface area (Å²) in [6.07, 6.45) is 2.14. The van der Waals surface area contributed by atoms with Crippen molar-refractivity contribution in [1.29, 1.82) is 0 Å². The predicted octanol–water partition coefficient (Wildman–Crippen LogP) is 3.52. The minimum Gasteiger partial charge on any atom is -0.492 e. The van der Waals surface area contributed by atoms with Crippen molar-refractivity contribution in [2.75, 3.05) is 11.9 Å². The molecule has 23 heavy (non-hydrogen) atoms. The Morgan fingerprint density at radius 1 is 1.13 bits per heavy atom.